The summed E-state index contributed by atoms with van der Waals surface area (Å²) < 4.78 is 2.54. The van der Waals surface area contributed by atoms with Gasteiger partial charge in [0, 0.05) is 22.8 Å². The van der Waals surface area contributed by atoms with E-state index in [0.29, 0.717) is 0 Å². The van der Waals surface area contributed by atoms with Gasteiger partial charge in [0.25, 0.3) is 0 Å². The van der Waals surface area contributed by atoms with Crippen molar-refractivity contribution in [2.45, 2.75) is 67.3 Å². The Bertz CT molecular complexity index is 880. The molecule has 0 aliphatic carbocycles. The monoisotopic (exact) mass is 307 g/mol. The van der Waals surface area contributed by atoms with Gasteiger partial charge in [-0.2, -0.15) is 0 Å². The summed E-state index contributed by atoms with van der Waals surface area (Å²) in [4.78, 5) is 0. The molecule has 2 aromatic carbocycles. The summed E-state index contributed by atoms with van der Waals surface area (Å²) >= 11 is 0. The molecule has 1 nitrogen and oxygen atoms in total. The fourth-order valence-corrected chi connectivity index (χ4v) is 4.02. The molecule has 0 unspecified atom stereocenters. The van der Waals surface area contributed by atoms with E-state index in [2.05, 4.69) is 64.3 Å². The largest absolute Gasteiger partial charge is 0.341 e. The Labute approximate surface area is 140 Å². The fraction of sp³-hybridized carbons (Fsp3) is 0.455. The topological polar surface area (TPSA) is 4.93 Å². The maximum atomic E-state index is 2.54. The molecule has 0 aliphatic heterocycles. The summed E-state index contributed by atoms with van der Waals surface area (Å²) in [6.45, 7) is 14.7. The predicted molar refractivity (Wildman–Crippen MR) is 103 cm³/mol. The highest BCUT2D eigenvalue weighted by Gasteiger charge is 2.19. The molecule has 0 fully saturated rings. The van der Waals surface area contributed by atoms with Crippen molar-refractivity contribution < 1.29 is 0 Å². The molecule has 1 heterocycles. The minimum atomic E-state index is 1.03. The number of rotatable bonds is 4. The summed E-state index contributed by atoms with van der Waals surface area (Å²) in [7, 11) is 0. The highest BCUT2D eigenvalue weighted by molar-refractivity contribution is 6.11. The number of hydrogen-bond acceptors (Lipinski definition) is 0. The molecule has 122 valence electrons. The van der Waals surface area contributed by atoms with Crippen LogP contribution in [-0.2, 0) is 13.0 Å². The zero-order chi connectivity index (χ0) is 16.7. The van der Waals surface area contributed by atoms with Crippen molar-refractivity contribution >= 4 is 21.8 Å². The van der Waals surface area contributed by atoms with Crippen LogP contribution in [0.2, 0.25) is 0 Å². The molecular formula is C22H29N. The molecule has 0 amide bonds. The van der Waals surface area contributed by atoms with Crippen LogP contribution in [0.4, 0.5) is 0 Å². The number of fused-ring (bicyclic) bond motifs is 3. The van der Waals surface area contributed by atoms with Gasteiger partial charge in [0.15, 0.2) is 0 Å². The van der Waals surface area contributed by atoms with Crippen LogP contribution < -0.4 is 0 Å². The number of nitrogens with zero attached hydrogens (tertiary/aromatic N) is 1. The van der Waals surface area contributed by atoms with Gasteiger partial charge in [-0.25, -0.2) is 0 Å². The quantitative estimate of drug-likeness (QED) is 0.526. The van der Waals surface area contributed by atoms with Gasteiger partial charge in [-0.15, -0.1) is 0 Å². The highest BCUT2D eigenvalue weighted by Crippen LogP contribution is 2.38. The standard InChI is InChI=1S/C22H29N/c1-7-9-10-18-16(5)15(4)17(6)21-19-13-14(3)11-12-20(19)23(8-2)22(18)21/h11-13H,7-10H2,1-6H3. The van der Waals surface area contributed by atoms with Gasteiger partial charge in [0.05, 0.1) is 5.52 Å². The van der Waals surface area contributed by atoms with Crippen molar-refractivity contribution in [3.8, 4) is 0 Å². The SMILES string of the molecule is CCCCc1c(C)c(C)c(C)c2c3cc(C)ccc3n(CC)c12. The lowest BCUT2D eigenvalue weighted by Gasteiger charge is -2.16. The van der Waals surface area contributed by atoms with Gasteiger partial charge in [-0.3, -0.25) is 0 Å². The molecular weight excluding hydrogens is 278 g/mol. The van der Waals surface area contributed by atoms with E-state index in [9.17, 15) is 0 Å². The summed E-state index contributed by atoms with van der Waals surface area (Å²) in [5.41, 5.74) is 10.2. The zero-order valence-corrected chi connectivity index (χ0v) is 15.5. The lowest BCUT2D eigenvalue weighted by molar-refractivity contribution is 0.778. The first-order valence-electron chi connectivity index (χ1n) is 9.02. The molecule has 0 aliphatic rings. The van der Waals surface area contributed by atoms with E-state index in [0.717, 1.165) is 6.54 Å². The molecule has 0 atom stereocenters. The third-order valence-electron chi connectivity index (χ3n) is 5.55. The van der Waals surface area contributed by atoms with Crippen molar-refractivity contribution in [1.29, 1.82) is 0 Å². The van der Waals surface area contributed by atoms with Crippen molar-refractivity contribution in [3.05, 3.63) is 46.0 Å². The van der Waals surface area contributed by atoms with E-state index >= 15 is 0 Å². The average Bonchev–Trinajstić information content (AvgIpc) is 2.86. The molecule has 0 spiro atoms. The first-order valence-corrected chi connectivity index (χ1v) is 9.02. The third-order valence-corrected chi connectivity index (χ3v) is 5.55. The lowest BCUT2D eigenvalue weighted by atomic mass is 9.91. The molecule has 1 aromatic heterocycles. The summed E-state index contributed by atoms with van der Waals surface area (Å²) in [6.07, 6.45) is 3.71. The van der Waals surface area contributed by atoms with Gasteiger partial charge in [0.1, 0.15) is 0 Å². The number of benzene rings is 2. The Balaban J connectivity index is 2.54. The van der Waals surface area contributed by atoms with E-state index in [4.69, 9.17) is 0 Å². The van der Waals surface area contributed by atoms with Gasteiger partial charge < -0.3 is 4.57 Å². The number of hydrogen-bond donors (Lipinski definition) is 0. The normalized spacial score (nSPS) is 11.7. The van der Waals surface area contributed by atoms with Gasteiger partial charge in [-0.05, 0) is 81.8 Å². The van der Waals surface area contributed by atoms with Crippen LogP contribution in [0.1, 0.15) is 54.5 Å². The third kappa shape index (κ3) is 2.38. The Morgan fingerprint density at radius 3 is 2.30 bits per heavy atom. The van der Waals surface area contributed by atoms with Gasteiger partial charge in [-0.1, -0.05) is 25.0 Å². The number of aromatic nitrogens is 1. The van der Waals surface area contributed by atoms with E-state index in [1.54, 1.807) is 5.56 Å². The Kier molecular flexibility index (Phi) is 4.23. The van der Waals surface area contributed by atoms with Crippen molar-refractivity contribution in [2.75, 3.05) is 0 Å². The minimum Gasteiger partial charge on any atom is -0.341 e. The maximum absolute atomic E-state index is 2.54. The fourth-order valence-electron chi connectivity index (χ4n) is 4.02. The smallest absolute Gasteiger partial charge is 0.0529 e. The van der Waals surface area contributed by atoms with Crippen LogP contribution >= 0.6 is 0 Å². The van der Waals surface area contributed by atoms with Gasteiger partial charge in [0.2, 0.25) is 0 Å². The Morgan fingerprint density at radius 2 is 1.65 bits per heavy atom. The zero-order valence-electron chi connectivity index (χ0n) is 15.5. The molecule has 23 heavy (non-hydrogen) atoms. The van der Waals surface area contributed by atoms with Crippen molar-refractivity contribution in [2.24, 2.45) is 0 Å². The number of aryl methyl sites for hydroxylation is 4. The van der Waals surface area contributed by atoms with Crippen LogP contribution in [0.3, 0.4) is 0 Å². The van der Waals surface area contributed by atoms with E-state index in [1.807, 2.05) is 0 Å². The van der Waals surface area contributed by atoms with Crippen LogP contribution in [0, 0.1) is 27.7 Å². The first kappa shape index (κ1) is 16.1. The summed E-state index contributed by atoms with van der Waals surface area (Å²) in [6, 6.07) is 6.92. The summed E-state index contributed by atoms with van der Waals surface area (Å²) in [5.74, 6) is 0. The van der Waals surface area contributed by atoms with Crippen LogP contribution in [0.25, 0.3) is 21.8 Å². The van der Waals surface area contributed by atoms with Crippen molar-refractivity contribution in [1.82, 2.24) is 4.57 Å². The van der Waals surface area contributed by atoms with E-state index in [1.165, 1.54) is 63.3 Å². The average molecular weight is 307 g/mol. The molecule has 3 rings (SSSR count). The first-order chi connectivity index (χ1) is 11.0. The lowest BCUT2D eigenvalue weighted by Crippen LogP contribution is -2.02. The Morgan fingerprint density at radius 1 is 0.913 bits per heavy atom. The molecule has 0 saturated carbocycles. The van der Waals surface area contributed by atoms with Crippen LogP contribution in [-0.4, -0.2) is 4.57 Å². The predicted octanol–water partition coefficient (Wildman–Crippen LogP) is 6.39. The molecule has 0 bridgehead atoms. The second-order valence-corrected chi connectivity index (χ2v) is 6.95. The molecule has 0 radical (unpaired) electrons. The molecule has 1 heteroatoms. The Hall–Kier alpha value is -1.76. The second kappa shape index (κ2) is 6.03. The molecule has 0 N–H and O–H groups in total. The second-order valence-electron chi connectivity index (χ2n) is 6.95. The van der Waals surface area contributed by atoms with E-state index < -0.39 is 0 Å². The summed E-state index contributed by atoms with van der Waals surface area (Å²) in [5, 5.41) is 2.92. The highest BCUT2D eigenvalue weighted by atomic mass is 15.0. The van der Waals surface area contributed by atoms with Crippen LogP contribution in [0.15, 0.2) is 18.2 Å². The molecule has 0 saturated heterocycles. The van der Waals surface area contributed by atoms with Crippen LogP contribution in [0.5, 0.6) is 0 Å². The maximum Gasteiger partial charge on any atom is 0.0529 e. The number of unbranched alkanes of at least 4 members (excludes halogenated alkanes) is 1. The van der Waals surface area contributed by atoms with Gasteiger partial charge >= 0.3 is 0 Å². The van der Waals surface area contributed by atoms with Crippen molar-refractivity contribution in [3.63, 3.8) is 0 Å². The molecule has 3 aromatic rings. The van der Waals surface area contributed by atoms with E-state index in [-0.39, 0.29) is 0 Å². The minimum absolute atomic E-state index is 1.03.